The van der Waals surface area contributed by atoms with Gasteiger partial charge in [0.15, 0.2) is 0 Å². The van der Waals surface area contributed by atoms with Crippen molar-refractivity contribution in [1.29, 1.82) is 0 Å². The van der Waals surface area contributed by atoms with Gasteiger partial charge in [-0.3, -0.25) is 4.79 Å². The fraction of sp³-hybridized carbons (Fsp3) is 0.188. The second kappa shape index (κ2) is 5.85. The average molecular weight is 329 g/mol. The lowest BCUT2D eigenvalue weighted by atomic mass is 9.92. The van der Waals surface area contributed by atoms with Gasteiger partial charge >= 0.3 is 6.03 Å². The number of nitrogens with zero attached hydrogens (tertiary/aromatic N) is 2. The second-order valence-corrected chi connectivity index (χ2v) is 6.14. The van der Waals surface area contributed by atoms with Gasteiger partial charge in [-0.1, -0.05) is 18.2 Å². The van der Waals surface area contributed by atoms with Crippen LogP contribution in [0.5, 0.6) is 5.75 Å². The third-order valence-electron chi connectivity index (χ3n) is 3.68. The average Bonchev–Trinajstić information content (AvgIpc) is 3.14. The van der Waals surface area contributed by atoms with E-state index in [0.717, 1.165) is 9.89 Å². The van der Waals surface area contributed by atoms with Crippen LogP contribution in [0.25, 0.3) is 0 Å². The van der Waals surface area contributed by atoms with Crippen LogP contribution >= 0.6 is 11.3 Å². The first-order chi connectivity index (χ1) is 11.0. The monoisotopic (exact) mass is 329 g/mol. The molecule has 1 atom stereocenters. The molecule has 3 amide bonds. The Morgan fingerprint density at radius 3 is 2.61 bits per heavy atom. The Kier molecular flexibility index (Phi) is 3.87. The van der Waals surface area contributed by atoms with Gasteiger partial charge in [0.05, 0.1) is 13.3 Å². The van der Waals surface area contributed by atoms with Crippen LogP contribution in [-0.2, 0) is 10.3 Å². The number of ether oxygens (including phenoxy) is 1. The first-order valence-corrected chi connectivity index (χ1v) is 7.81. The van der Waals surface area contributed by atoms with Gasteiger partial charge < -0.3 is 10.1 Å². The van der Waals surface area contributed by atoms with Crippen LogP contribution in [0.15, 0.2) is 46.9 Å². The maximum absolute atomic E-state index is 12.7. The standard InChI is InChI=1S/C16H15N3O3S/c1-16(11-5-7-12(22-2)8-6-11)14(20)19(15(21)18-16)17-10-13-4-3-9-23-13/h3-10H,1-2H3,(H,18,21)/b17-10+. The molecule has 1 aliphatic heterocycles. The number of benzene rings is 1. The largest absolute Gasteiger partial charge is 0.497 e. The Balaban J connectivity index is 1.86. The quantitative estimate of drug-likeness (QED) is 0.692. The molecular formula is C16H15N3O3S. The summed E-state index contributed by atoms with van der Waals surface area (Å²) in [4.78, 5) is 25.6. The minimum absolute atomic E-state index is 0.416. The molecule has 1 fully saturated rings. The van der Waals surface area contributed by atoms with Crippen LogP contribution in [0.2, 0.25) is 0 Å². The maximum Gasteiger partial charge on any atom is 0.346 e. The second-order valence-electron chi connectivity index (χ2n) is 5.16. The summed E-state index contributed by atoms with van der Waals surface area (Å²) in [6.07, 6.45) is 1.50. The molecule has 1 aromatic heterocycles. The Morgan fingerprint density at radius 1 is 1.26 bits per heavy atom. The molecule has 2 heterocycles. The van der Waals surface area contributed by atoms with Gasteiger partial charge in [-0.05, 0) is 36.1 Å². The number of thiophene rings is 1. The van der Waals surface area contributed by atoms with Gasteiger partial charge in [-0.25, -0.2) is 4.79 Å². The molecule has 118 valence electrons. The van der Waals surface area contributed by atoms with Gasteiger partial charge in [0.2, 0.25) is 0 Å². The van der Waals surface area contributed by atoms with Crippen molar-refractivity contribution in [2.75, 3.05) is 7.11 Å². The molecule has 3 rings (SSSR count). The van der Waals surface area contributed by atoms with Crippen molar-refractivity contribution in [2.24, 2.45) is 5.10 Å². The molecule has 1 saturated heterocycles. The lowest BCUT2D eigenvalue weighted by Gasteiger charge is -2.21. The van der Waals surface area contributed by atoms with Crippen molar-refractivity contribution in [1.82, 2.24) is 10.3 Å². The number of nitrogens with one attached hydrogen (secondary N) is 1. The zero-order valence-corrected chi connectivity index (χ0v) is 13.5. The minimum Gasteiger partial charge on any atom is -0.497 e. The number of urea groups is 1. The van der Waals surface area contributed by atoms with Gasteiger partial charge in [0, 0.05) is 4.88 Å². The molecule has 7 heteroatoms. The predicted octanol–water partition coefficient (Wildman–Crippen LogP) is 2.56. The number of hydrogen-bond donors (Lipinski definition) is 1. The third kappa shape index (κ3) is 2.70. The van der Waals surface area contributed by atoms with Gasteiger partial charge in [0.25, 0.3) is 5.91 Å². The van der Waals surface area contributed by atoms with Crippen LogP contribution in [0.1, 0.15) is 17.4 Å². The van der Waals surface area contributed by atoms with Crippen LogP contribution in [0.4, 0.5) is 4.79 Å². The van der Waals surface area contributed by atoms with E-state index in [0.29, 0.717) is 11.3 Å². The molecule has 1 aliphatic rings. The van der Waals surface area contributed by atoms with Gasteiger partial charge in [-0.2, -0.15) is 5.10 Å². The number of hydrazone groups is 1. The molecule has 0 aliphatic carbocycles. The van der Waals surface area contributed by atoms with Gasteiger partial charge in [0.1, 0.15) is 11.3 Å². The Bertz CT molecular complexity index is 755. The van der Waals surface area contributed by atoms with E-state index in [1.807, 2.05) is 17.5 Å². The van der Waals surface area contributed by atoms with E-state index in [9.17, 15) is 9.59 Å². The number of amides is 3. The molecule has 0 bridgehead atoms. The Hall–Kier alpha value is -2.67. The summed E-state index contributed by atoms with van der Waals surface area (Å²) in [6, 6.07) is 10.2. The number of methoxy groups -OCH3 is 1. The summed E-state index contributed by atoms with van der Waals surface area (Å²) in [5.74, 6) is 0.266. The zero-order valence-electron chi connectivity index (χ0n) is 12.6. The fourth-order valence-electron chi connectivity index (χ4n) is 2.33. The number of hydrogen-bond acceptors (Lipinski definition) is 5. The molecule has 23 heavy (non-hydrogen) atoms. The van der Waals surface area contributed by atoms with Crippen molar-refractivity contribution in [3.63, 3.8) is 0 Å². The summed E-state index contributed by atoms with van der Waals surface area (Å²) >= 11 is 1.48. The molecule has 0 radical (unpaired) electrons. The number of imide groups is 1. The lowest BCUT2D eigenvalue weighted by molar-refractivity contribution is -0.131. The van der Waals surface area contributed by atoms with E-state index in [1.165, 1.54) is 17.6 Å². The highest BCUT2D eigenvalue weighted by Gasteiger charge is 2.49. The molecule has 1 unspecified atom stereocenters. The van der Waals surface area contributed by atoms with E-state index in [1.54, 1.807) is 38.3 Å². The molecule has 6 nitrogen and oxygen atoms in total. The van der Waals surface area contributed by atoms with E-state index < -0.39 is 17.5 Å². The highest BCUT2D eigenvalue weighted by Crippen LogP contribution is 2.30. The third-order valence-corrected chi connectivity index (χ3v) is 4.49. The molecule has 0 saturated carbocycles. The first-order valence-electron chi connectivity index (χ1n) is 6.93. The van der Waals surface area contributed by atoms with Gasteiger partial charge in [-0.15, -0.1) is 16.3 Å². The van der Waals surface area contributed by atoms with Crippen LogP contribution < -0.4 is 10.1 Å². The number of rotatable bonds is 4. The van der Waals surface area contributed by atoms with Crippen LogP contribution in [0, 0.1) is 0 Å². The van der Waals surface area contributed by atoms with Crippen LogP contribution in [-0.4, -0.2) is 30.3 Å². The Morgan fingerprint density at radius 2 is 2.00 bits per heavy atom. The normalized spacial score (nSPS) is 21.0. The summed E-state index contributed by atoms with van der Waals surface area (Å²) in [5, 5.41) is 9.48. The van der Waals surface area contributed by atoms with E-state index in [4.69, 9.17) is 4.74 Å². The summed E-state index contributed by atoms with van der Waals surface area (Å²) < 4.78 is 5.11. The maximum atomic E-state index is 12.7. The Labute approximate surface area is 137 Å². The van der Waals surface area contributed by atoms with Crippen molar-refractivity contribution >= 4 is 29.5 Å². The van der Waals surface area contributed by atoms with E-state index in [2.05, 4.69) is 10.4 Å². The molecule has 0 spiro atoms. The van der Waals surface area contributed by atoms with E-state index >= 15 is 0 Å². The lowest BCUT2D eigenvalue weighted by Crippen LogP contribution is -2.40. The fourth-order valence-corrected chi connectivity index (χ4v) is 2.91. The van der Waals surface area contributed by atoms with E-state index in [-0.39, 0.29) is 0 Å². The smallest absolute Gasteiger partial charge is 0.346 e. The zero-order chi connectivity index (χ0) is 16.4. The summed E-state index contributed by atoms with van der Waals surface area (Å²) in [7, 11) is 1.57. The SMILES string of the molecule is COc1ccc(C2(C)NC(=O)N(/N=C/c3cccs3)C2=O)cc1. The minimum atomic E-state index is -1.14. The molecule has 1 N–H and O–H groups in total. The highest BCUT2D eigenvalue weighted by molar-refractivity contribution is 7.11. The molecule has 1 aromatic carbocycles. The van der Waals surface area contributed by atoms with Crippen molar-refractivity contribution < 1.29 is 14.3 Å². The highest BCUT2D eigenvalue weighted by atomic mass is 32.1. The first kappa shape index (κ1) is 15.2. The molecule has 2 aromatic rings. The number of carbonyl (C=O) groups excluding carboxylic acids is 2. The predicted molar refractivity (Wildman–Crippen MR) is 87.6 cm³/mol. The molecular weight excluding hydrogens is 314 g/mol. The summed E-state index contributed by atoms with van der Waals surface area (Å²) in [5.41, 5.74) is -0.471. The van der Waals surface area contributed by atoms with Crippen molar-refractivity contribution in [3.05, 3.63) is 52.2 Å². The number of carbonyl (C=O) groups is 2. The van der Waals surface area contributed by atoms with Crippen LogP contribution in [0.3, 0.4) is 0 Å². The topological polar surface area (TPSA) is 71.0 Å². The summed E-state index contributed by atoms with van der Waals surface area (Å²) in [6.45, 7) is 1.66. The van der Waals surface area contributed by atoms with Crippen molar-refractivity contribution in [3.8, 4) is 5.75 Å². The van der Waals surface area contributed by atoms with Crippen molar-refractivity contribution in [2.45, 2.75) is 12.5 Å².